The number of amides is 1. The van der Waals surface area contributed by atoms with E-state index in [4.69, 9.17) is 11.6 Å². The van der Waals surface area contributed by atoms with Crippen LogP contribution in [0.3, 0.4) is 0 Å². The lowest BCUT2D eigenvalue weighted by Gasteiger charge is -2.00. The van der Waals surface area contributed by atoms with Crippen LogP contribution in [0, 0.1) is 0 Å². The van der Waals surface area contributed by atoms with Crippen LogP contribution >= 0.6 is 38.9 Å². The van der Waals surface area contributed by atoms with Crippen LogP contribution in [0.25, 0.3) is 5.82 Å². The average Bonchev–Trinajstić information content (AvgIpc) is 3.15. The lowest BCUT2D eigenvalue weighted by Crippen LogP contribution is -2.21. The first-order valence-electron chi connectivity index (χ1n) is 6.18. The first kappa shape index (κ1) is 15.1. The van der Waals surface area contributed by atoms with Crippen LogP contribution in [0.4, 0.5) is 0 Å². The highest BCUT2D eigenvalue weighted by Crippen LogP contribution is 2.21. The monoisotopic (exact) mass is 397 g/mol. The van der Waals surface area contributed by atoms with Crippen molar-refractivity contribution in [3.05, 3.63) is 56.0 Å². The van der Waals surface area contributed by atoms with Gasteiger partial charge in [0.15, 0.2) is 5.82 Å². The number of hydrogen-bond donors (Lipinski definition) is 1. The number of halogens is 2. The Morgan fingerprint density at radius 1 is 1.36 bits per heavy atom. The van der Waals surface area contributed by atoms with E-state index in [2.05, 4.69) is 36.5 Å². The van der Waals surface area contributed by atoms with E-state index in [1.807, 2.05) is 12.1 Å². The van der Waals surface area contributed by atoms with E-state index in [9.17, 15) is 4.79 Å². The topological polar surface area (TPSA) is 72.7 Å². The Balaban J connectivity index is 1.64. The van der Waals surface area contributed by atoms with Gasteiger partial charge < -0.3 is 5.32 Å². The minimum absolute atomic E-state index is 0.187. The van der Waals surface area contributed by atoms with Crippen LogP contribution in [0.5, 0.6) is 0 Å². The molecule has 0 saturated heterocycles. The zero-order chi connectivity index (χ0) is 15.5. The highest BCUT2D eigenvalue weighted by atomic mass is 79.9. The molecule has 1 amide bonds. The number of pyridine rings is 1. The van der Waals surface area contributed by atoms with Gasteiger partial charge in [0.05, 0.1) is 22.0 Å². The van der Waals surface area contributed by atoms with Gasteiger partial charge in [-0.1, -0.05) is 16.8 Å². The molecule has 22 heavy (non-hydrogen) atoms. The number of aromatic nitrogens is 4. The molecule has 0 saturated carbocycles. The van der Waals surface area contributed by atoms with Gasteiger partial charge in [-0.3, -0.25) is 4.79 Å². The molecule has 0 atom stereocenters. The van der Waals surface area contributed by atoms with E-state index < -0.39 is 0 Å². The van der Waals surface area contributed by atoms with E-state index in [0.717, 1.165) is 4.47 Å². The van der Waals surface area contributed by atoms with Gasteiger partial charge in [-0.2, -0.15) is 0 Å². The Hall–Kier alpha value is -1.77. The van der Waals surface area contributed by atoms with Gasteiger partial charge >= 0.3 is 0 Å². The van der Waals surface area contributed by atoms with Gasteiger partial charge in [-0.15, -0.1) is 16.4 Å². The summed E-state index contributed by atoms with van der Waals surface area (Å²) in [4.78, 5) is 16.7. The number of rotatable bonds is 4. The van der Waals surface area contributed by atoms with E-state index in [1.165, 1.54) is 11.3 Å². The summed E-state index contributed by atoms with van der Waals surface area (Å²) < 4.78 is 3.02. The number of hydrogen-bond acceptors (Lipinski definition) is 5. The molecule has 0 aromatic carbocycles. The lowest BCUT2D eigenvalue weighted by molar-refractivity contribution is 0.0954. The second-order valence-electron chi connectivity index (χ2n) is 4.28. The van der Waals surface area contributed by atoms with Crippen molar-refractivity contribution in [3.63, 3.8) is 0 Å². The van der Waals surface area contributed by atoms with Crippen molar-refractivity contribution in [1.29, 1.82) is 0 Å². The summed E-state index contributed by atoms with van der Waals surface area (Å²) in [5, 5.41) is 10.8. The molecular weight excluding hydrogens is 390 g/mol. The third-order valence-corrected chi connectivity index (χ3v) is 4.41. The van der Waals surface area contributed by atoms with Gasteiger partial charge in [0, 0.05) is 10.7 Å². The molecule has 1 N–H and O–H groups in total. The third kappa shape index (κ3) is 3.52. The fraction of sp³-hybridized carbons (Fsp3) is 0.0769. The summed E-state index contributed by atoms with van der Waals surface area (Å²) in [5.41, 5.74) is 0.640. The van der Waals surface area contributed by atoms with Crippen LogP contribution in [0.2, 0.25) is 4.34 Å². The second-order valence-corrected chi connectivity index (χ2v) is 6.91. The molecule has 0 bridgehead atoms. The SMILES string of the molecule is O=C(NCc1cn(-c2ccc(Br)cn2)nn1)c1ccc(Cl)s1. The Labute approximate surface area is 143 Å². The largest absolute Gasteiger partial charge is 0.346 e. The van der Waals surface area contributed by atoms with E-state index in [0.29, 0.717) is 20.7 Å². The first-order valence-corrected chi connectivity index (χ1v) is 8.17. The average molecular weight is 399 g/mol. The fourth-order valence-electron chi connectivity index (χ4n) is 1.69. The quantitative estimate of drug-likeness (QED) is 0.733. The summed E-state index contributed by atoms with van der Waals surface area (Å²) in [6.07, 6.45) is 3.40. The molecule has 0 aliphatic heterocycles. The first-order chi connectivity index (χ1) is 10.6. The number of thiophene rings is 1. The van der Waals surface area contributed by atoms with Crippen molar-refractivity contribution in [2.45, 2.75) is 6.54 Å². The van der Waals surface area contributed by atoms with Crippen LogP contribution in [-0.2, 0) is 6.54 Å². The zero-order valence-corrected chi connectivity index (χ0v) is 14.2. The number of carbonyl (C=O) groups is 1. The normalized spacial score (nSPS) is 10.6. The highest BCUT2D eigenvalue weighted by molar-refractivity contribution is 9.10. The van der Waals surface area contributed by atoms with Crippen molar-refractivity contribution in [1.82, 2.24) is 25.3 Å². The summed E-state index contributed by atoms with van der Waals surface area (Å²) in [6.45, 7) is 0.283. The van der Waals surface area contributed by atoms with Gasteiger partial charge in [0.1, 0.15) is 5.69 Å². The highest BCUT2D eigenvalue weighted by Gasteiger charge is 2.10. The zero-order valence-electron chi connectivity index (χ0n) is 11.0. The Kier molecular flexibility index (Phi) is 4.51. The van der Waals surface area contributed by atoms with E-state index >= 15 is 0 Å². The third-order valence-electron chi connectivity index (χ3n) is 2.71. The summed E-state index contributed by atoms with van der Waals surface area (Å²) >= 11 is 10.4. The molecule has 3 aromatic rings. The number of nitrogens with one attached hydrogen (secondary N) is 1. The van der Waals surface area contributed by atoms with Crippen molar-refractivity contribution >= 4 is 44.8 Å². The van der Waals surface area contributed by atoms with Gasteiger partial charge in [-0.05, 0) is 40.2 Å². The molecule has 0 aliphatic rings. The lowest BCUT2D eigenvalue weighted by atomic mass is 10.4. The number of carbonyl (C=O) groups excluding carboxylic acids is 1. The summed E-state index contributed by atoms with van der Waals surface area (Å²) in [5.74, 6) is 0.464. The molecule has 6 nitrogen and oxygen atoms in total. The Morgan fingerprint density at radius 3 is 2.91 bits per heavy atom. The maximum absolute atomic E-state index is 11.9. The van der Waals surface area contributed by atoms with Crippen molar-refractivity contribution < 1.29 is 4.79 Å². The van der Waals surface area contributed by atoms with Crippen LogP contribution < -0.4 is 5.32 Å². The molecule has 0 radical (unpaired) electrons. The maximum Gasteiger partial charge on any atom is 0.261 e. The summed E-state index contributed by atoms with van der Waals surface area (Å²) in [7, 11) is 0. The molecule has 3 rings (SSSR count). The van der Waals surface area contributed by atoms with E-state index in [1.54, 1.807) is 29.2 Å². The Bertz CT molecular complexity index is 801. The standard InChI is InChI=1S/C13H9BrClN5OS/c14-8-1-4-12(16-5-8)20-7-9(18-19-20)6-17-13(21)10-2-3-11(15)22-10/h1-5,7H,6H2,(H,17,21). The van der Waals surface area contributed by atoms with Crippen molar-refractivity contribution in [3.8, 4) is 5.82 Å². The molecule has 3 heterocycles. The van der Waals surface area contributed by atoms with Gasteiger partial charge in [-0.25, -0.2) is 9.67 Å². The maximum atomic E-state index is 11.9. The molecule has 112 valence electrons. The molecule has 9 heteroatoms. The number of nitrogens with zero attached hydrogens (tertiary/aromatic N) is 4. The van der Waals surface area contributed by atoms with Crippen LogP contribution in [0.15, 0.2) is 41.1 Å². The van der Waals surface area contributed by atoms with Crippen LogP contribution in [-0.4, -0.2) is 25.9 Å². The predicted octanol–water partition coefficient (Wildman–Crippen LogP) is 3.07. The summed E-state index contributed by atoms with van der Waals surface area (Å²) in [6, 6.07) is 7.06. The molecule has 0 spiro atoms. The minimum atomic E-state index is -0.187. The minimum Gasteiger partial charge on any atom is -0.346 e. The predicted molar refractivity (Wildman–Crippen MR) is 87.4 cm³/mol. The van der Waals surface area contributed by atoms with Gasteiger partial charge in [0.25, 0.3) is 5.91 Å². The second kappa shape index (κ2) is 6.55. The fourth-order valence-corrected chi connectivity index (χ4v) is 2.88. The van der Waals surface area contributed by atoms with E-state index in [-0.39, 0.29) is 12.5 Å². The molecule has 0 aliphatic carbocycles. The molecule has 0 unspecified atom stereocenters. The van der Waals surface area contributed by atoms with Crippen molar-refractivity contribution in [2.75, 3.05) is 0 Å². The molecular formula is C13H9BrClN5OS. The molecule has 3 aromatic heterocycles. The Morgan fingerprint density at radius 2 is 2.23 bits per heavy atom. The van der Waals surface area contributed by atoms with Crippen molar-refractivity contribution in [2.24, 2.45) is 0 Å². The van der Waals surface area contributed by atoms with Crippen LogP contribution in [0.1, 0.15) is 15.4 Å². The molecule has 0 fully saturated rings. The smallest absolute Gasteiger partial charge is 0.261 e. The van der Waals surface area contributed by atoms with Gasteiger partial charge in [0.2, 0.25) is 0 Å².